The molecule has 1 saturated heterocycles. The number of esters is 3. The van der Waals surface area contributed by atoms with Crippen LogP contribution in [0.4, 0.5) is 0 Å². The zero-order chi connectivity index (χ0) is 21.7. The third-order valence-corrected chi connectivity index (χ3v) is 6.04. The van der Waals surface area contributed by atoms with Crippen LogP contribution in [-0.2, 0) is 28.6 Å². The Hall–Kier alpha value is -2.11. The van der Waals surface area contributed by atoms with Crippen LogP contribution >= 0.6 is 0 Å². The molecule has 2 rings (SSSR count). The monoisotopic (exact) mass is 406 g/mol. The van der Waals surface area contributed by atoms with Crippen LogP contribution in [0.3, 0.4) is 0 Å². The molecule has 6 heteroatoms. The molecular formula is C23H34O6. The summed E-state index contributed by atoms with van der Waals surface area (Å²) < 4.78 is 16.5. The van der Waals surface area contributed by atoms with Gasteiger partial charge in [0.2, 0.25) is 0 Å². The number of hydrogen-bond acceptors (Lipinski definition) is 6. The van der Waals surface area contributed by atoms with E-state index in [0.717, 1.165) is 30.4 Å². The minimum absolute atomic E-state index is 0.122. The first-order valence-corrected chi connectivity index (χ1v) is 10.6. The van der Waals surface area contributed by atoms with Crippen molar-refractivity contribution >= 4 is 17.9 Å². The summed E-state index contributed by atoms with van der Waals surface area (Å²) in [6.07, 6.45) is 2.51. The van der Waals surface area contributed by atoms with Gasteiger partial charge in [0.15, 0.2) is 0 Å². The minimum atomic E-state index is -0.534. The van der Waals surface area contributed by atoms with E-state index in [2.05, 4.69) is 13.5 Å². The topological polar surface area (TPSA) is 78.9 Å². The molecule has 1 heterocycles. The second-order valence-corrected chi connectivity index (χ2v) is 8.45. The average molecular weight is 407 g/mol. The Morgan fingerprint density at radius 3 is 2.62 bits per heavy atom. The average Bonchev–Trinajstić information content (AvgIpc) is 2.91. The summed E-state index contributed by atoms with van der Waals surface area (Å²) in [5, 5.41) is 0. The molecular weight excluding hydrogens is 372 g/mol. The number of ether oxygens (including phenoxy) is 3. The van der Waals surface area contributed by atoms with E-state index in [-0.39, 0.29) is 35.8 Å². The van der Waals surface area contributed by atoms with Crippen molar-refractivity contribution in [2.24, 2.45) is 17.8 Å². The number of rotatable bonds is 9. The van der Waals surface area contributed by atoms with E-state index in [4.69, 9.17) is 14.2 Å². The van der Waals surface area contributed by atoms with Crippen LogP contribution in [0.25, 0.3) is 0 Å². The van der Waals surface area contributed by atoms with E-state index in [0.29, 0.717) is 25.0 Å². The summed E-state index contributed by atoms with van der Waals surface area (Å²) in [5.41, 5.74) is 2.52. The molecule has 162 valence electrons. The van der Waals surface area contributed by atoms with E-state index in [1.54, 1.807) is 0 Å². The first-order chi connectivity index (χ1) is 13.6. The van der Waals surface area contributed by atoms with Gasteiger partial charge in [0.05, 0.1) is 12.5 Å². The minimum Gasteiger partial charge on any atom is -0.466 e. The first-order valence-electron chi connectivity index (χ1n) is 10.6. The van der Waals surface area contributed by atoms with E-state index in [1.807, 2.05) is 20.8 Å². The van der Waals surface area contributed by atoms with Crippen molar-refractivity contribution in [2.75, 3.05) is 6.61 Å². The predicted molar refractivity (Wildman–Crippen MR) is 109 cm³/mol. The Balaban J connectivity index is 2.21. The summed E-state index contributed by atoms with van der Waals surface area (Å²) in [7, 11) is 0. The molecule has 0 bridgehead atoms. The van der Waals surface area contributed by atoms with Gasteiger partial charge in [-0.05, 0) is 37.2 Å². The van der Waals surface area contributed by atoms with Crippen molar-refractivity contribution < 1.29 is 28.6 Å². The third-order valence-electron chi connectivity index (χ3n) is 6.04. The van der Waals surface area contributed by atoms with Gasteiger partial charge in [-0.1, -0.05) is 39.3 Å². The van der Waals surface area contributed by atoms with E-state index >= 15 is 0 Å². The van der Waals surface area contributed by atoms with Crippen molar-refractivity contribution in [1.82, 2.24) is 0 Å². The molecule has 1 fully saturated rings. The number of fused-ring (bicyclic) bond motifs is 1. The second kappa shape index (κ2) is 10.1. The normalized spacial score (nSPS) is 25.9. The summed E-state index contributed by atoms with van der Waals surface area (Å²) in [5.74, 6) is -0.923. The zero-order valence-electron chi connectivity index (χ0n) is 18.3. The highest BCUT2D eigenvalue weighted by molar-refractivity contribution is 5.91. The molecule has 0 aromatic rings. The van der Waals surface area contributed by atoms with Gasteiger partial charge in [-0.3, -0.25) is 9.59 Å². The van der Waals surface area contributed by atoms with Gasteiger partial charge in [-0.2, -0.15) is 0 Å². The van der Waals surface area contributed by atoms with Crippen LogP contribution in [0, 0.1) is 17.8 Å². The maximum Gasteiger partial charge on any atom is 0.334 e. The van der Waals surface area contributed by atoms with Crippen molar-refractivity contribution in [3.63, 3.8) is 0 Å². The molecule has 1 aliphatic heterocycles. The number of hydrogen-bond donors (Lipinski definition) is 0. The third kappa shape index (κ3) is 5.71. The van der Waals surface area contributed by atoms with E-state index < -0.39 is 12.1 Å². The van der Waals surface area contributed by atoms with Gasteiger partial charge in [-0.25, -0.2) is 4.79 Å². The standard InChI is InChI=1S/C23H34O6/c1-7-13(2)11-19(25)29-22-20(14(3)9-8-10-27-17(6)24)15(4)12-18-21(22)16(5)23(26)28-18/h13-14,18,21-22H,5,7-12H2,1-4,6H3/t13-,14+,18+,21-,22-/m0/s1. The Labute approximate surface area is 173 Å². The van der Waals surface area contributed by atoms with Gasteiger partial charge in [0.25, 0.3) is 0 Å². The Kier molecular flexibility index (Phi) is 8.05. The van der Waals surface area contributed by atoms with Crippen LogP contribution < -0.4 is 0 Å². The van der Waals surface area contributed by atoms with Crippen molar-refractivity contribution in [2.45, 2.75) is 78.9 Å². The molecule has 5 atom stereocenters. The van der Waals surface area contributed by atoms with Gasteiger partial charge < -0.3 is 14.2 Å². The summed E-state index contributed by atoms with van der Waals surface area (Å²) in [6, 6.07) is 0. The quantitative estimate of drug-likeness (QED) is 0.188. The van der Waals surface area contributed by atoms with E-state index in [9.17, 15) is 14.4 Å². The second-order valence-electron chi connectivity index (χ2n) is 8.45. The van der Waals surface area contributed by atoms with Gasteiger partial charge >= 0.3 is 17.9 Å². The fourth-order valence-corrected chi connectivity index (χ4v) is 4.27. The molecule has 1 aliphatic carbocycles. The van der Waals surface area contributed by atoms with Gasteiger partial charge in [-0.15, -0.1) is 0 Å². The molecule has 0 amide bonds. The number of carbonyl (C=O) groups is 3. The maximum absolute atomic E-state index is 12.6. The smallest absolute Gasteiger partial charge is 0.334 e. The van der Waals surface area contributed by atoms with Gasteiger partial charge in [0.1, 0.15) is 12.2 Å². The molecule has 0 N–H and O–H groups in total. The fourth-order valence-electron chi connectivity index (χ4n) is 4.27. The largest absolute Gasteiger partial charge is 0.466 e. The predicted octanol–water partition coefficient (Wildman–Crippen LogP) is 4.13. The highest BCUT2D eigenvalue weighted by Gasteiger charge is 2.50. The molecule has 0 aromatic heterocycles. The summed E-state index contributed by atoms with van der Waals surface area (Å²) in [6.45, 7) is 13.8. The lowest BCUT2D eigenvalue weighted by Gasteiger charge is -2.37. The lowest BCUT2D eigenvalue weighted by molar-refractivity contribution is -0.152. The fraction of sp³-hybridized carbons (Fsp3) is 0.696. The highest BCUT2D eigenvalue weighted by atomic mass is 16.6. The lowest BCUT2D eigenvalue weighted by Crippen LogP contribution is -2.41. The highest BCUT2D eigenvalue weighted by Crippen LogP contribution is 2.45. The van der Waals surface area contributed by atoms with Crippen molar-refractivity contribution in [3.05, 3.63) is 23.3 Å². The van der Waals surface area contributed by atoms with Crippen LogP contribution in [0.2, 0.25) is 0 Å². The molecule has 0 spiro atoms. The Morgan fingerprint density at radius 1 is 1.31 bits per heavy atom. The SMILES string of the molecule is C=C1C(=O)O[C@@H]2CC(C)=C([C@H](C)CCCOC(C)=O)[C@H](OC(=O)C[C@@H](C)CC)[C@@H]12. The first kappa shape index (κ1) is 23.2. The zero-order valence-corrected chi connectivity index (χ0v) is 18.3. The number of carbonyl (C=O) groups excluding carboxylic acids is 3. The molecule has 0 saturated carbocycles. The molecule has 0 radical (unpaired) electrons. The van der Waals surface area contributed by atoms with Crippen LogP contribution in [-0.4, -0.2) is 36.7 Å². The van der Waals surface area contributed by atoms with Gasteiger partial charge in [0, 0.05) is 25.3 Å². The summed E-state index contributed by atoms with van der Waals surface area (Å²) in [4.78, 5) is 35.7. The molecule has 2 aliphatic rings. The lowest BCUT2D eigenvalue weighted by atomic mass is 9.73. The van der Waals surface area contributed by atoms with Crippen molar-refractivity contribution in [3.8, 4) is 0 Å². The molecule has 0 unspecified atom stereocenters. The maximum atomic E-state index is 12.6. The molecule has 6 nitrogen and oxygen atoms in total. The Bertz CT molecular complexity index is 691. The molecule has 29 heavy (non-hydrogen) atoms. The Morgan fingerprint density at radius 2 is 2.00 bits per heavy atom. The van der Waals surface area contributed by atoms with Crippen LogP contribution in [0.15, 0.2) is 23.3 Å². The van der Waals surface area contributed by atoms with Crippen LogP contribution in [0.5, 0.6) is 0 Å². The summed E-state index contributed by atoms with van der Waals surface area (Å²) >= 11 is 0. The van der Waals surface area contributed by atoms with Crippen LogP contribution in [0.1, 0.15) is 66.7 Å². The van der Waals surface area contributed by atoms with E-state index in [1.165, 1.54) is 6.92 Å². The van der Waals surface area contributed by atoms with Crippen molar-refractivity contribution in [1.29, 1.82) is 0 Å². The molecule has 0 aromatic carbocycles.